The number of nitrogens with one attached hydrogen (secondary N) is 2. The van der Waals surface area contributed by atoms with E-state index in [2.05, 4.69) is 20.5 Å². The number of aromatic nitrogens is 3. The zero-order valence-electron chi connectivity index (χ0n) is 10.2. The molecule has 0 saturated heterocycles. The van der Waals surface area contributed by atoms with Crippen molar-refractivity contribution in [1.29, 1.82) is 0 Å². The Balaban J connectivity index is 1.94. The van der Waals surface area contributed by atoms with Gasteiger partial charge < -0.3 is 15.2 Å². The Morgan fingerprint density at radius 3 is 2.84 bits per heavy atom. The molecular weight excluding hydrogens is 248 g/mol. The fraction of sp³-hybridized carbons (Fsp3) is 0.250. The van der Waals surface area contributed by atoms with Gasteiger partial charge in [-0.1, -0.05) is 12.2 Å². The lowest BCUT2D eigenvalue weighted by atomic mass is 10.0. The second-order valence-corrected chi connectivity index (χ2v) is 4.09. The highest BCUT2D eigenvalue weighted by Crippen LogP contribution is 2.12. The maximum Gasteiger partial charge on any atom is 0.250 e. The second-order valence-electron chi connectivity index (χ2n) is 4.09. The van der Waals surface area contributed by atoms with E-state index in [0.717, 1.165) is 0 Å². The molecule has 0 bridgehead atoms. The standard InChI is InChI=1S/C12H14N4O3/c1-7-13-12(16-15-7)14-11(19)5-3-8-2-4-9(17)10(18)6-8/h2-6,9-10,17-18H,1H3,(H2,13,14,15,16,19)/b5-3+. The highest BCUT2D eigenvalue weighted by Gasteiger charge is 2.14. The van der Waals surface area contributed by atoms with Gasteiger partial charge in [-0.25, -0.2) is 0 Å². The van der Waals surface area contributed by atoms with Crippen LogP contribution in [-0.2, 0) is 4.79 Å². The van der Waals surface area contributed by atoms with Gasteiger partial charge in [-0.05, 0) is 24.6 Å². The molecule has 2 rings (SSSR count). The molecule has 1 heterocycles. The molecule has 4 N–H and O–H groups in total. The predicted molar refractivity (Wildman–Crippen MR) is 68.1 cm³/mol. The number of carbonyl (C=O) groups is 1. The molecule has 2 unspecified atom stereocenters. The van der Waals surface area contributed by atoms with Crippen LogP contribution in [0.2, 0.25) is 0 Å². The molecule has 19 heavy (non-hydrogen) atoms. The minimum absolute atomic E-state index is 0.274. The van der Waals surface area contributed by atoms with Crippen molar-refractivity contribution in [3.8, 4) is 0 Å². The number of nitrogens with zero attached hydrogens (tertiary/aromatic N) is 2. The van der Waals surface area contributed by atoms with Crippen molar-refractivity contribution < 1.29 is 15.0 Å². The number of allylic oxidation sites excluding steroid dienone is 3. The van der Waals surface area contributed by atoms with Gasteiger partial charge in [0.2, 0.25) is 5.95 Å². The van der Waals surface area contributed by atoms with Gasteiger partial charge in [0, 0.05) is 6.08 Å². The van der Waals surface area contributed by atoms with Gasteiger partial charge in [0.15, 0.2) is 0 Å². The van der Waals surface area contributed by atoms with Crippen molar-refractivity contribution in [3.05, 3.63) is 41.8 Å². The third kappa shape index (κ3) is 3.60. The van der Waals surface area contributed by atoms with E-state index in [1.54, 1.807) is 13.0 Å². The molecule has 1 aromatic heterocycles. The molecule has 1 aliphatic rings. The van der Waals surface area contributed by atoms with E-state index in [0.29, 0.717) is 11.4 Å². The first-order chi connectivity index (χ1) is 9.04. The number of aromatic amines is 1. The van der Waals surface area contributed by atoms with Gasteiger partial charge in [0.05, 0.1) is 0 Å². The molecule has 0 aromatic carbocycles. The molecule has 2 atom stereocenters. The number of aliphatic hydroxyl groups is 2. The SMILES string of the molecule is Cc1nnc(NC(=O)/C=C/C2=CC(O)C(O)C=C2)[nH]1. The summed E-state index contributed by atoms with van der Waals surface area (Å²) in [5, 5.41) is 28.6. The van der Waals surface area contributed by atoms with Crippen LogP contribution in [-0.4, -0.2) is 43.5 Å². The van der Waals surface area contributed by atoms with E-state index in [1.165, 1.54) is 24.3 Å². The predicted octanol–water partition coefficient (Wildman–Crippen LogP) is -0.174. The number of amides is 1. The molecule has 0 aliphatic heterocycles. The van der Waals surface area contributed by atoms with Crippen LogP contribution in [0.5, 0.6) is 0 Å². The first kappa shape index (κ1) is 13.2. The van der Waals surface area contributed by atoms with Crippen LogP contribution in [0.15, 0.2) is 36.0 Å². The van der Waals surface area contributed by atoms with Crippen LogP contribution < -0.4 is 5.32 Å². The zero-order valence-corrected chi connectivity index (χ0v) is 10.2. The summed E-state index contributed by atoms with van der Waals surface area (Å²) in [6.45, 7) is 1.73. The largest absolute Gasteiger partial charge is 0.386 e. The lowest BCUT2D eigenvalue weighted by Gasteiger charge is -2.15. The fourth-order valence-corrected chi connectivity index (χ4v) is 1.52. The third-order valence-corrected chi connectivity index (χ3v) is 2.47. The highest BCUT2D eigenvalue weighted by atomic mass is 16.3. The summed E-state index contributed by atoms with van der Waals surface area (Å²) < 4.78 is 0. The monoisotopic (exact) mass is 262 g/mol. The van der Waals surface area contributed by atoms with E-state index >= 15 is 0 Å². The number of aryl methyl sites for hydroxylation is 1. The Kier molecular flexibility index (Phi) is 3.88. The molecule has 0 saturated carbocycles. The molecule has 7 heteroatoms. The first-order valence-electron chi connectivity index (χ1n) is 5.69. The minimum atomic E-state index is -0.954. The maximum atomic E-state index is 11.6. The fourth-order valence-electron chi connectivity index (χ4n) is 1.52. The molecule has 1 aromatic rings. The molecule has 7 nitrogen and oxygen atoms in total. The van der Waals surface area contributed by atoms with Gasteiger partial charge in [0.1, 0.15) is 18.0 Å². The molecule has 0 radical (unpaired) electrons. The number of anilines is 1. The van der Waals surface area contributed by atoms with Crippen LogP contribution in [0, 0.1) is 6.92 Å². The van der Waals surface area contributed by atoms with E-state index in [-0.39, 0.29) is 11.9 Å². The van der Waals surface area contributed by atoms with Crippen molar-refractivity contribution in [2.45, 2.75) is 19.1 Å². The lowest BCUT2D eigenvalue weighted by molar-refractivity contribution is -0.111. The van der Waals surface area contributed by atoms with Crippen LogP contribution in [0.25, 0.3) is 0 Å². The Bertz CT molecular complexity index is 559. The van der Waals surface area contributed by atoms with Crippen molar-refractivity contribution in [1.82, 2.24) is 15.2 Å². The molecule has 100 valence electrons. The average molecular weight is 262 g/mol. The highest BCUT2D eigenvalue weighted by molar-refractivity contribution is 5.98. The summed E-state index contributed by atoms with van der Waals surface area (Å²) >= 11 is 0. The first-order valence-corrected chi connectivity index (χ1v) is 5.69. The lowest BCUT2D eigenvalue weighted by Crippen LogP contribution is -2.23. The van der Waals surface area contributed by atoms with E-state index in [4.69, 9.17) is 0 Å². The van der Waals surface area contributed by atoms with Crippen molar-refractivity contribution >= 4 is 11.9 Å². The van der Waals surface area contributed by atoms with Gasteiger partial charge in [-0.3, -0.25) is 10.1 Å². The summed E-state index contributed by atoms with van der Waals surface area (Å²) in [4.78, 5) is 14.3. The summed E-state index contributed by atoms with van der Waals surface area (Å²) in [6, 6.07) is 0. The molecule has 1 aliphatic carbocycles. The average Bonchev–Trinajstić information content (AvgIpc) is 2.76. The minimum Gasteiger partial charge on any atom is -0.386 e. The van der Waals surface area contributed by atoms with Crippen LogP contribution in [0.3, 0.4) is 0 Å². The maximum absolute atomic E-state index is 11.6. The smallest absolute Gasteiger partial charge is 0.250 e. The number of hydrogen-bond acceptors (Lipinski definition) is 5. The van der Waals surface area contributed by atoms with Gasteiger partial charge in [-0.15, -0.1) is 10.2 Å². The third-order valence-electron chi connectivity index (χ3n) is 2.47. The van der Waals surface area contributed by atoms with Gasteiger partial charge in [-0.2, -0.15) is 0 Å². The number of H-pyrrole nitrogens is 1. The number of aliphatic hydroxyl groups excluding tert-OH is 2. The summed E-state index contributed by atoms with van der Waals surface area (Å²) in [5.41, 5.74) is 0.640. The summed E-state index contributed by atoms with van der Waals surface area (Å²) in [6.07, 6.45) is 5.53. The number of rotatable bonds is 3. The van der Waals surface area contributed by atoms with Gasteiger partial charge in [0.25, 0.3) is 5.91 Å². The van der Waals surface area contributed by atoms with E-state index in [1.807, 2.05) is 0 Å². The molecule has 0 spiro atoms. The van der Waals surface area contributed by atoms with Gasteiger partial charge >= 0.3 is 0 Å². The normalized spacial score (nSPS) is 22.6. The summed E-state index contributed by atoms with van der Waals surface area (Å²) in [5.74, 6) is 0.510. The topological polar surface area (TPSA) is 111 Å². The van der Waals surface area contributed by atoms with Crippen molar-refractivity contribution in [2.75, 3.05) is 5.32 Å². The van der Waals surface area contributed by atoms with Crippen molar-refractivity contribution in [3.63, 3.8) is 0 Å². The van der Waals surface area contributed by atoms with Crippen LogP contribution >= 0.6 is 0 Å². The molecule has 1 amide bonds. The molecular formula is C12H14N4O3. The summed E-state index contributed by atoms with van der Waals surface area (Å²) in [7, 11) is 0. The molecule has 0 fully saturated rings. The van der Waals surface area contributed by atoms with E-state index in [9.17, 15) is 15.0 Å². The van der Waals surface area contributed by atoms with E-state index < -0.39 is 12.2 Å². The van der Waals surface area contributed by atoms with Crippen LogP contribution in [0.1, 0.15) is 5.82 Å². The van der Waals surface area contributed by atoms with Crippen molar-refractivity contribution in [2.24, 2.45) is 0 Å². The number of carbonyl (C=O) groups excluding carboxylic acids is 1. The second kappa shape index (κ2) is 5.59. The van der Waals surface area contributed by atoms with Crippen LogP contribution in [0.4, 0.5) is 5.95 Å². The zero-order chi connectivity index (χ0) is 13.8. The Morgan fingerprint density at radius 2 is 2.21 bits per heavy atom. The number of hydrogen-bond donors (Lipinski definition) is 4. The Labute approximate surface area is 109 Å². The quantitative estimate of drug-likeness (QED) is 0.565. The Hall–Kier alpha value is -2.25. The Morgan fingerprint density at radius 1 is 1.42 bits per heavy atom.